The Balaban J connectivity index is 1.66. The number of halogens is 6. The van der Waals surface area contributed by atoms with Crippen molar-refractivity contribution in [1.82, 2.24) is 0 Å². The van der Waals surface area contributed by atoms with Crippen LogP contribution in [0.5, 0.6) is 11.5 Å². The van der Waals surface area contributed by atoms with Gasteiger partial charge in [-0.05, 0) is 72.9 Å². The van der Waals surface area contributed by atoms with Crippen molar-refractivity contribution in [3.8, 4) is 11.5 Å². The van der Waals surface area contributed by atoms with Gasteiger partial charge >= 0.3 is 12.2 Å². The highest BCUT2D eigenvalue weighted by Crippen LogP contribution is 2.37. The van der Waals surface area contributed by atoms with Crippen LogP contribution in [0.2, 0.25) is 0 Å². The Morgan fingerprint density at radius 2 is 1.19 bits per heavy atom. The van der Waals surface area contributed by atoms with Crippen LogP contribution >= 0.6 is 0 Å². The van der Waals surface area contributed by atoms with Crippen LogP contribution in [0.3, 0.4) is 0 Å². The fourth-order valence-corrected chi connectivity index (χ4v) is 3.88. The van der Waals surface area contributed by atoms with Crippen molar-refractivity contribution < 1.29 is 35.8 Å². The summed E-state index contributed by atoms with van der Waals surface area (Å²) < 4.78 is 96.2. The van der Waals surface area contributed by atoms with Gasteiger partial charge in [0.25, 0.3) is 0 Å². The third kappa shape index (κ3) is 7.43. The SMILES string of the molecule is CCCCCCc1ccc(OC(F)(F)c2ccc(OC(F)(F)c3ccc(CCC)c(F)c3F)cc2)cc1. The molecule has 0 saturated heterocycles. The predicted molar refractivity (Wildman–Crippen MR) is 130 cm³/mol. The van der Waals surface area contributed by atoms with Gasteiger partial charge in [-0.3, -0.25) is 0 Å². The summed E-state index contributed by atoms with van der Waals surface area (Å²) in [6.07, 6.45) is -2.02. The Hall–Kier alpha value is -3.16. The fourth-order valence-electron chi connectivity index (χ4n) is 3.88. The number of hydrogen-bond acceptors (Lipinski definition) is 2. The quantitative estimate of drug-likeness (QED) is 0.164. The van der Waals surface area contributed by atoms with Crippen LogP contribution in [0.25, 0.3) is 0 Å². The van der Waals surface area contributed by atoms with E-state index in [2.05, 4.69) is 11.7 Å². The Morgan fingerprint density at radius 1 is 0.595 bits per heavy atom. The smallest absolute Gasteiger partial charge is 0.429 e. The van der Waals surface area contributed by atoms with Crippen molar-refractivity contribution in [2.45, 2.75) is 71.0 Å². The Bertz CT molecular complexity index is 1140. The van der Waals surface area contributed by atoms with Crippen LogP contribution in [-0.4, -0.2) is 0 Å². The Kier molecular flexibility index (Phi) is 9.51. The molecule has 200 valence electrons. The average Bonchev–Trinajstić information content (AvgIpc) is 2.85. The van der Waals surface area contributed by atoms with E-state index >= 15 is 0 Å². The monoisotopic (exact) mass is 524 g/mol. The lowest BCUT2D eigenvalue weighted by molar-refractivity contribution is -0.188. The minimum atomic E-state index is -4.23. The predicted octanol–water partition coefficient (Wildman–Crippen LogP) is 9.30. The lowest BCUT2D eigenvalue weighted by Crippen LogP contribution is -2.25. The minimum Gasteiger partial charge on any atom is -0.429 e. The molecule has 37 heavy (non-hydrogen) atoms. The molecular formula is C29H30F6O2. The first kappa shape index (κ1) is 28.4. The van der Waals surface area contributed by atoms with Crippen molar-refractivity contribution in [3.63, 3.8) is 0 Å². The third-order valence-electron chi connectivity index (χ3n) is 5.92. The molecular weight excluding hydrogens is 494 g/mol. The molecule has 0 heterocycles. The van der Waals surface area contributed by atoms with Gasteiger partial charge in [0.1, 0.15) is 17.1 Å². The highest BCUT2D eigenvalue weighted by molar-refractivity contribution is 5.34. The third-order valence-corrected chi connectivity index (χ3v) is 5.92. The maximum atomic E-state index is 14.7. The molecule has 0 aliphatic carbocycles. The largest absolute Gasteiger partial charge is 0.429 e. The molecule has 3 aromatic carbocycles. The van der Waals surface area contributed by atoms with Crippen molar-refractivity contribution in [2.24, 2.45) is 0 Å². The fraction of sp³-hybridized carbons (Fsp3) is 0.379. The molecule has 0 radical (unpaired) electrons. The minimum absolute atomic E-state index is 0.0206. The van der Waals surface area contributed by atoms with Crippen LogP contribution in [-0.2, 0) is 25.1 Å². The maximum absolute atomic E-state index is 14.7. The standard InChI is InChI=1S/C29H30F6O2/c1-3-5-6-7-9-20-10-15-23(16-11-20)36-28(32,33)22-13-17-24(18-14-22)37-29(34,35)25-19-12-21(8-4-2)26(30)27(25)31/h10-19H,3-9H2,1-2H3. The molecule has 0 aliphatic heterocycles. The Labute approximate surface area is 213 Å². The lowest BCUT2D eigenvalue weighted by Gasteiger charge is -2.21. The van der Waals surface area contributed by atoms with Gasteiger partial charge in [-0.15, -0.1) is 0 Å². The van der Waals surface area contributed by atoms with Gasteiger partial charge in [-0.2, -0.15) is 17.6 Å². The van der Waals surface area contributed by atoms with E-state index in [-0.39, 0.29) is 17.7 Å². The number of hydrogen-bond donors (Lipinski definition) is 0. The first-order valence-electron chi connectivity index (χ1n) is 12.4. The van der Waals surface area contributed by atoms with Gasteiger partial charge in [0.15, 0.2) is 11.6 Å². The van der Waals surface area contributed by atoms with E-state index in [0.717, 1.165) is 74.1 Å². The first-order valence-corrected chi connectivity index (χ1v) is 12.4. The van der Waals surface area contributed by atoms with E-state index < -0.39 is 40.7 Å². The van der Waals surface area contributed by atoms with Gasteiger partial charge in [-0.1, -0.05) is 57.7 Å². The summed E-state index contributed by atoms with van der Waals surface area (Å²) in [5.41, 5.74) is -0.873. The summed E-state index contributed by atoms with van der Waals surface area (Å²) in [5.74, 6) is -3.62. The van der Waals surface area contributed by atoms with Crippen LogP contribution in [0.4, 0.5) is 26.3 Å². The summed E-state index contributed by atoms with van der Waals surface area (Å²) in [5, 5.41) is 0. The molecule has 0 N–H and O–H groups in total. The molecule has 0 spiro atoms. The first-order chi connectivity index (χ1) is 17.6. The summed E-state index contributed by atoms with van der Waals surface area (Å²) in [4.78, 5) is 0. The molecule has 0 bridgehead atoms. The molecule has 3 rings (SSSR count). The van der Waals surface area contributed by atoms with Gasteiger partial charge in [0.05, 0.1) is 5.56 Å². The second-order valence-corrected chi connectivity index (χ2v) is 8.87. The second kappa shape index (κ2) is 12.4. The van der Waals surface area contributed by atoms with Crippen LogP contribution < -0.4 is 9.47 Å². The molecule has 2 nitrogen and oxygen atoms in total. The van der Waals surface area contributed by atoms with E-state index in [4.69, 9.17) is 4.74 Å². The van der Waals surface area contributed by atoms with Crippen molar-refractivity contribution in [1.29, 1.82) is 0 Å². The van der Waals surface area contributed by atoms with Crippen molar-refractivity contribution in [3.05, 3.63) is 94.6 Å². The molecule has 8 heteroatoms. The topological polar surface area (TPSA) is 18.5 Å². The highest BCUT2D eigenvalue weighted by atomic mass is 19.3. The number of aryl methyl sites for hydroxylation is 2. The normalized spacial score (nSPS) is 12.0. The molecule has 0 unspecified atom stereocenters. The zero-order valence-electron chi connectivity index (χ0n) is 20.8. The molecule has 0 saturated carbocycles. The zero-order valence-corrected chi connectivity index (χ0v) is 20.8. The second-order valence-electron chi connectivity index (χ2n) is 8.87. The van der Waals surface area contributed by atoms with E-state index in [9.17, 15) is 26.3 Å². The summed E-state index contributed by atoms with van der Waals surface area (Å²) in [6.45, 7) is 3.87. The summed E-state index contributed by atoms with van der Waals surface area (Å²) in [7, 11) is 0. The zero-order chi connectivity index (χ0) is 27.1. The molecule has 0 aliphatic rings. The summed E-state index contributed by atoms with van der Waals surface area (Å²) in [6, 6.07) is 11.7. The number of ether oxygens (including phenoxy) is 2. The Morgan fingerprint density at radius 3 is 1.78 bits per heavy atom. The number of benzene rings is 3. The van der Waals surface area contributed by atoms with Crippen LogP contribution in [0, 0.1) is 11.6 Å². The van der Waals surface area contributed by atoms with Crippen LogP contribution in [0.15, 0.2) is 60.7 Å². The summed E-state index contributed by atoms with van der Waals surface area (Å²) >= 11 is 0. The number of unbranched alkanes of at least 4 members (excludes halogenated alkanes) is 3. The molecule has 0 atom stereocenters. The number of rotatable bonds is 13. The van der Waals surface area contributed by atoms with E-state index in [1.54, 1.807) is 19.1 Å². The van der Waals surface area contributed by atoms with E-state index in [1.165, 1.54) is 12.1 Å². The van der Waals surface area contributed by atoms with Gasteiger partial charge in [0.2, 0.25) is 0 Å². The van der Waals surface area contributed by atoms with Gasteiger partial charge in [0, 0.05) is 0 Å². The number of alkyl halides is 4. The van der Waals surface area contributed by atoms with E-state index in [0.29, 0.717) is 6.42 Å². The maximum Gasteiger partial charge on any atom is 0.429 e. The molecule has 3 aromatic rings. The van der Waals surface area contributed by atoms with E-state index in [1.807, 2.05) is 0 Å². The average molecular weight is 525 g/mol. The lowest BCUT2D eigenvalue weighted by atomic mass is 10.1. The molecule has 0 aromatic heterocycles. The van der Waals surface area contributed by atoms with Crippen molar-refractivity contribution >= 4 is 0 Å². The molecule has 0 fully saturated rings. The van der Waals surface area contributed by atoms with Crippen molar-refractivity contribution in [2.75, 3.05) is 0 Å². The van der Waals surface area contributed by atoms with Crippen LogP contribution in [0.1, 0.15) is 68.2 Å². The van der Waals surface area contributed by atoms with Gasteiger partial charge < -0.3 is 9.47 Å². The highest BCUT2D eigenvalue weighted by Gasteiger charge is 2.40. The molecule has 0 amide bonds. The van der Waals surface area contributed by atoms with Gasteiger partial charge in [-0.25, -0.2) is 8.78 Å².